The van der Waals surface area contributed by atoms with Crippen LogP contribution in [-0.2, 0) is 0 Å². The third-order valence-electron chi connectivity index (χ3n) is 4.38. The van der Waals surface area contributed by atoms with Gasteiger partial charge in [0, 0.05) is 17.2 Å². The Morgan fingerprint density at radius 1 is 1.22 bits per heavy atom. The molecular weight excluding hydrogens is 244 g/mol. The lowest BCUT2D eigenvalue weighted by Gasteiger charge is -2.18. The summed E-state index contributed by atoms with van der Waals surface area (Å²) in [5, 5.41) is 5.75. The van der Waals surface area contributed by atoms with Crippen molar-refractivity contribution >= 4 is 17.3 Å². The standard InChI is InChI=1S/C15H20ClN2/c1-14(2)8-11-9-18(17-15(11,3)10-14)13-6-4-12(16)5-7-13/h4-7,11H,8-10H2,1-3H3/q+1/t11-,15-/m0/s1. The Labute approximate surface area is 114 Å². The van der Waals surface area contributed by atoms with Gasteiger partial charge < -0.3 is 0 Å². The van der Waals surface area contributed by atoms with E-state index in [4.69, 9.17) is 16.7 Å². The molecule has 1 heterocycles. The van der Waals surface area contributed by atoms with Crippen LogP contribution in [0.1, 0.15) is 33.6 Å². The molecule has 1 aliphatic carbocycles. The first-order chi connectivity index (χ1) is 8.38. The molecule has 0 aromatic heterocycles. The number of hydrogen-bond acceptors (Lipinski definition) is 1. The van der Waals surface area contributed by atoms with Crippen molar-refractivity contribution < 1.29 is 4.70 Å². The maximum Gasteiger partial charge on any atom is 0.231 e. The van der Waals surface area contributed by atoms with E-state index in [1.165, 1.54) is 12.8 Å². The van der Waals surface area contributed by atoms with Gasteiger partial charge in [0.2, 0.25) is 5.69 Å². The van der Waals surface area contributed by atoms with Crippen LogP contribution in [0.3, 0.4) is 0 Å². The van der Waals surface area contributed by atoms with Crippen molar-refractivity contribution in [1.82, 2.24) is 0 Å². The maximum absolute atomic E-state index is 5.93. The van der Waals surface area contributed by atoms with Crippen molar-refractivity contribution in [2.75, 3.05) is 6.54 Å². The molecule has 2 aliphatic rings. The predicted octanol–water partition coefficient (Wildman–Crippen LogP) is 4.64. The SMILES string of the molecule is CC1(C)C[C@H]2C[N+](c3ccc(Cl)cc3)=N[C@@]2(C)C1. The first-order valence-corrected chi connectivity index (χ1v) is 7.02. The van der Waals surface area contributed by atoms with Gasteiger partial charge in [-0.2, -0.15) is 0 Å². The van der Waals surface area contributed by atoms with Gasteiger partial charge >= 0.3 is 0 Å². The first-order valence-electron chi connectivity index (χ1n) is 6.64. The van der Waals surface area contributed by atoms with E-state index < -0.39 is 0 Å². The molecule has 1 aliphatic heterocycles. The predicted molar refractivity (Wildman–Crippen MR) is 73.6 cm³/mol. The molecule has 0 radical (unpaired) electrons. The molecule has 18 heavy (non-hydrogen) atoms. The van der Waals surface area contributed by atoms with Crippen LogP contribution in [-0.4, -0.2) is 16.8 Å². The van der Waals surface area contributed by atoms with Crippen LogP contribution in [0.25, 0.3) is 0 Å². The smallest absolute Gasteiger partial charge is 0.0881 e. The van der Waals surface area contributed by atoms with Crippen LogP contribution in [0.2, 0.25) is 5.02 Å². The Morgan fingerprint density at radius 2 is 1.89 bits per heavy atom. The fourth-order valence-electron chi connectivity index (χ4n) is 3.75. The molecule has 1 fully saturated rings. The van der Waals surface area contributed by atoms with Crippen LogP contribution in [0.15, 0.2) is 29.4 Å². The number of rotatable bonds is 1. The Kier molecular flexibility index (Phi) is 2.57. The van der Waals surface area contributed by atoms with Crippen LogP contribution in [0.4, 0.5) is 5.69 Å². The van der Waals surface area contributed by atoms with Gasteiger partial charge in [-0.3, -0.25) is 0 Å². The highest BCUT2D eigenvalue weighted by molar-refractivity contribution is 6.30. The van der Waals surface area contributed by atoms with E-state index in [1.807, 2.05) is 12.1 Å². The minimum absolute atomic E-state index is 0.128. The Balaban J connectivity index is 1.90. The zero-order chi connectivity index (χ0) is 13.0. The number of nitrogens with zero attached hydrogens (tertiary/aromatic N) is 2. The van der Waals surface area contributed by atoms with E-state index in [9.17, 15) is 0 Å². The summed E-state index contributed by atoms with van der Waals surface area (Å²) in [6, 6.07) is 7.99. The van der Waals surface area contributed by atoms with E-state index in [2.05, 4.69) is 37.6 Å². The molecule has 0 unspecified atom stereocenters. The molecule has 1 aromatic carbocycles. The van der Waals surface area contributed by atoms with Gasteiger partial charge in [0.15, 0.2) is 6.54 Å². The van der Waals surface area contributed by atoms with Crippen LogP contribution in [0.5, 0.6) is 0 Å². The highest BCUT2D eigenvalue weighted by atomic mass is 35.5. The minimum atomic E-state index is 0.128. The molecular formula is C15H20ClN2+. The van der Waals surface area contributed by atoms with E-state index >= 15 is 0 Å². The van der Waals surface area contributed by atoms with Crippen LogP contribution >= 0.6 is 11.6 Å². The highest BCUT2D eigenvalue weighted by Gasteiger charge is 2.56. The maximum atomic E-state index is 5.93. The fourth-order valence-corrected chi connectivity index (χ4v) is 3.88. The molecule has 3 rings (SSSR count). The quantitative estimate of drug-likeness (QED) is 0.656. The normalized spacial score (nSPS) is 33.3. The molecule has 3 heteroatoms. The van der Waals surface area contributed by atoms with E-state index in [0.29, 0.717) is 11.3 Å². The van der Waals surface area contributed by atoms with Crippen molar-refractivity contribution in [3.63, 3.8) is 0 Å². The van der Waals surface area contributed by atoms with E-state index in [-0.39, 0.29) is 5.54 Å². The van der Waals surface area contributed by atoms with Crippen molar-refractivity contribution in [3.05, 3.63) is 29.3 Å². The molecule has 96 valence electrons. The summed E-state index contributed by atoms with van der Waals surface area (Å²) in [6.07, 6.45) is 2.46. The monoisotopic (exact) mass is 263 g/mol. The van der Waals surface area contributed by atoms with Crippen LogP contribution in [0, 0.1) is 11.3 Å². The van der Waals surface area contributed by atoms with Gasteiger partial charge in [0.25, 0.3) is 0 Å². The van der Waals surface area contributed by atoms with Gasteiger partial charge in [-0.15, -0.1) is 0 Å². The van der Waals surface area contributed by atoms with Crippen molar-refractivity contribution in [1.29, 1.82) is 0 Å². The molecule has 0 bridgehead atoms. The second kappa shape index (κ2) is 3.80. The van der Waals surface area contributed by atoms with Gasteiger partial charge in [-0.25, -0.2) is 0 Å². The van der Waals surface area contributed by atoms with Gasteiger partial charge in [0.05, 0.1) is 5.92 Å². The summed E-state index contributed by atoms with van der Waals surface area (Å²) >= 11 is 5.93. The summed E-state index contributed by atoms with van der Waals surface area (Å²) in [4.78, 5) is 0. The zero-order valence-corrected chi connectivity index (χ0v) is 12.0. The third-order valence-corrected chi connectivity index (χ3v) is 4.63. The number of fused-ring (bicyclic) bond motifs is 1. The fraction of sp³-hybridized carbons (Fsp3) is 0.600. The second-order valence-electron chi connectivity index (χ2n) is 6.76. The highest BCUT2D eigenvalue weighted by Crippen LogP contribution is 2.52. The first kappa shape index (κ1) is 12.2. The Morgan fingerprint density at radius 3 is 2.50 bits per heavy atom. The molecule has 0 saturated heterocycles. The molecule has 2 atom stereocenters. The summed E-state index contributed by atoms with van der Waals surface area (Å²) < 4.78 is 2.16. The lowest BCUT2D eigenvalue weighted by molar-refractivity contribution is -0.504. The number of hydrogen-bond donors (Lipinski definition) is 0. The van der Waals surface area contributed by atoms with Gasteiger partial charge in [-0.1, -0.05) is 30.1 Å². The summed E-state index contributed by atoms with van der Waals surface area (Å²) in [7, 11) is 0. The molecule has 1 saturated carbocycles. The average molecular weight is 264 g/mol. The molecule has 2 nitrogen and oxygen atoms in total. The Hall–Kier alpha value is -0.890. The lowest BCUT2D eigenvalue weighted by Crippen LogP contribution is -2.24. The summed E-state index contributed by atoms with van der Waals surface area (Å²) in [5.41, 5.74) is 1.73. The van der Waals surface area contributed by atoms with Gasteiger partial charge in [0.1, 0.15) is 5.54 Å². The molecule has 0 amide bonds. The van der Waals surface area contributed by atoms with E-state index in [0.717, 1.165) is 17.3 Å². The number of halogens is 1. The second-order valence-corrected chi connectivity index (χ2v) is 7.19. The average Bonchev–Trinajstić information content (AvgIpc) is 2.65. The van der Waals surface area contributed by atoms with Crippen LogP contribution < -0.4 is 0 Å². The Bertz CT molecular complexity index is 504. The molecule has 0 spiro atoms. The topological polar surface area (TPSA) is 15.4 Å². The largest absolute Gasteiger partial charge is 0.231 e. The lowest BCUT2D eigenvalue weighted by atomic mass is 9.89. The third kappa shape index (κ3) is 1.97. The van der Waals surface area contributed by atoms with Crippen molar-refractivity contribution in [3.8, 4) is 0 Å². The van der Waals surface area contributed by atoms with Crippen molar-refractivity contribution in [2.24, 2.45) is 16.4 Å². The van der Waals surface area contributed by atoms with Gasteiger partial charge in [-0.05, 0) is 42.4 Å². The summed E-state index contributed by atoms with van der Waals surface area (Å²) in [5.74, 6) is 0.683. The summed E-state index contributed by atoms with van der Waals surface area (Å²) in [6.45, 7) is 8.07. The zero-order valence-electron chi connectivity index (χ0n) is 11.3. The van der Waals surface area contributed by atoms with E-state index in [1.54, 1.807) is 0 Å². The molecule has 1 aromatic rings. The van der Waals surface area contributed by atoms with Crippen molar-refractivity contribution in [2.45, 2.75) is 39.2 Å². The number of azo groups is 2. The minimum Gasteiger partial charge on any atom is -0.0881 e. The molecule has 0 N–H and O–H groups in total. The number of benzene rings is 1.